The van der Waals surface area contributed by atoms with Crippen LogP contribution in [0.1, 0.15) is 53.0 Å². The Kier molecular flexibility index (Phi) is 5.21. The number of hydrogen-bond acceptors (Lipinski definition) is 3. The molecule has 0 aromatic heterocycles. The standard InChI is InChI=1S/C20H28O4/c1-18(2,3)20(14-17(21)22)13-16(23-19(4,5)24-20)12-11-15-9-7-6-8-10-15/h6-12,16H,13-14H2,1-5H3,(H,21,22). The lowest BCUT2D eigenvalue weighted by atomic mass is 9.70. The van der Waals surface area contributed by atoms with Gasteiger partial charge in [-0.05, 0) is 24.8 Å². The maximum Gasteiger partial charge on any atom is 0.306 e. The zero-order valence-electron chi connectivity index (χ0n) is 15.2. The van der Waals surface area contributed by atoms with Crippen LogP contribution < -0.4 is 0 Å². The zero-order chi connectivity index (χ0) is 18.0. The number of hydrogen-bond donors (Lipinski definition) is 1. The second kappa shape index (κ2) is 6.69. The highest BCUT2D eigenvalue weighted by atomic mass is 16.7. The van der Waals surface area contributed by atoms with E-state index in [2.05, 4.69) is 0 Å². The Morgan fingerprint density at radius 1 is 1.29 bits per heavy atom. The largest absolute Gasteiger partial charge is 0.481 e. The number of rotatable bonds is 4. The summed E-state index contributed by atoms with van der Waals surface area (Å²) in [4.78, 5) is 11.5. The van der Waals surface area contributed by atoms with Gasteiger partial charge in [0, 0.05) is 6.42 Å². The predicted molar refractivity (Wildman–Crippen MR) is 94.6 cm³/mol. The van der Waals surface area contributed by atoms with Crippen molar-refractivity contribution in [3.63, 3.8) is 0 Å². The van der Waals surface area contributed by atoms with Gasteiger partial charge in [-0.15, -0.1) is 0 Å². The van der Waals surface area contributed by atoms with E-state index >= 15 is 0 Å². The van der Waals surface area contributed by atoms with E-state index in [0.29, 0.717) is 6.42 Å². The highest BCUT2D eigenvalue weighted by Crippen LogP contribution is 2.47. The van der Waals surface area contributed by atoms with Crippen LogP contribution in [0.25, 0.3) is 6.08 Å². The van der Waals surface area contributed by atoms with Gasteiger partial charge >= 0.3 is 5.97 Å². The summed E-state index contributed by atoms with van der Waals surface area (Å²) in [6, 6.07) is 9.99. The van der Waals surface area contributed by atoms with Crippen LogP contribution in [-0.2, 0) is 14.3 Å². The fourth-order valence-corrected chi connectivity index (χ4v) is 3.23. The Bertz CT molecular complexity index is 598. The van der Waals surface area contributed by atoms with Crippen molar-refractivity contribution in [2.24, 2.45) is 5.41 Å². The van der Waals surface area contributed by atoms with Gasteiger partial charge in [-0.3, -0.25) is 4.79 Å². The van der Waals surface area contributed by atoms with E-state index in [4.69, 9.17) is 9.47 Å². The van der Waals surface area contributed by atoms with Crippen molar-refractivity contribution in [2.45, 2.75) is 65.0 Å². The minimum absolute atomic E-state index is 0.0427. The molecule has 0 bridgehead atoms. The molecule has 2 atom stereocenters. The van der Waals surface area contributed by atoms with Crippen LogP contribution in [0.3, 0.4) is 0 Å². The molecule has 1 fully saturated rings. The minimum Gasteiger partial charge on any atom is -0.481 e. The average Bonchev–Trinajstić information content (AvgIpc) is 2.42. The van der Waals surface area contributed by atoms with Gasteiger partial charge in [0.2, 0.25) is 0 Å². The number of carboxylic acids is 1. The molecule has 1 heterocycles. The summed E-state index contributed by atoms with van der Waals surface area (Å²) in [6.45, 7) is 9.76. The van der Waals surface area contributed by atoms with Crippen molar-refractivity contribution in [3.8, 4) is 0 Å². The highest BCUT2D eigenvalue weighted by molar-refractivity contribution is 5.68. The zero-order valence-corrected chi connectivity index (χ0v) is 15.2. The van der Waals surface area contributed by atoms with E-state index in [1.54, 1.807) is 0 Å². The lowest BCUT2D eigenvalue weighted by Gasteiger charge is -2.53. The molecule has 2 unspecified atom stereocenters. The van der Waals surface area contributed by atoms with Crippen LogP contribution in [0.4, 0.5) is 0 Å². The van der Waals surface area contributed by atoms with Crippen molar-refractivity contribution in [1.29, 1.82) is 0 Å². The van der Waals surface area contributed by atoms with Gasteiger partial charge in [-0.25, -0.2) is 0 Å². The first-order valence-corrected chi connectivity index (χ1v) is 8.36. The molecule has 0 radical (unpaired) electrons. The van der Waals surface area contributed by atoms with Crippen molar-refractivity contribution < 1.29 is 19.4 Å². The van der Waals surface area contributed by atoms with Crippen molar-refractivity contribution in [2.75, 3.05) is 0 Å². The first-order chi connectivity index (χ1) is 11.0. The second-order valence-electron chi connectivity index (χ2n) is 7.95. The van der Waals surface area contributed by atoms with E-state index in [1.807, 2.05) is 77.1 Å². The van der Waals surface area contributed by atoms with Crippen LogP contribution in [0, 0.1) is 5.41 Å². The molecule has 132 valence electrons. The molecule has 1 aromatic rings. The smallest absolute Gasteiger partial charge is 0.306 e. The third-order valence-electron chi connectivity index (χ3n) is 4.51. The molecule has 0 aliphatic carbocycles. The number of benzene rings is 1. The summed E-state index contributed by atoms with van der Waals surface area (Å²) in [5, 5.41) is 9.42. The van der Waals surface area contributed by atoms with Crippen molar-refractivity contribution in [3.05, 3.63) is 42.0 Å². The van der Waals surface area contributed by atoms with Crippen LogP contribution in [-0.4, -0.2) is 28.6 Å². The lowest BCUT2D eigenvalue weighted by molar-refractivity contribution is -0.347. The molecule has 1 N–H and O–H groups in total. The van der Waals surface area contributed by atoms with Gasteiger partial charge in [0.25, 0.3) is 0 Å². The van der Waals surface area contributed by atoms with Gasteiger partial charge in [-0.2, -0.15) is 0 Å². The minimum atomic E-state index is -0.853. The van der Waals surface area contributed by atoms with Gasteiger partial charge in [0.1, 0.15) is 0 Å². The van der Waals surface area contributed by atoms with Crippen LogP contribution >= 0.6 is 0 Å². The Balaban J connectivity index is 2.30. The van der Waals surface area contributed by atoms with Crippen LogP contribution in [0.5, 0.6) is 0 Å². The third-order valence-corrected chi connectivity index (χ3v) is 4.51. The van der Waals surface area contributed by atoms with E-state index in [-0.39, 0.29) is 17.9 Å². The first kappa shape index (κ1) is 18.7. The number of ether oxygens (including phenoxy) is 2. The molecule has 2 rings (SSSR count). The van der Waals surface area contributed by atoms with Gasteiger partial charge < -0.3 is 14.6 Å². The molecule has 0 amide bonds. The Hall–Kier alpha value is -1.65. The Morgan fingerprint density at radius 2 is 1.92 bits per heavy atom. The summed E-state index contributed by atoms with van der Waals surface area (Å²) >= 11 is 0. The molecule has 1 aromatic carbocycles. The summed E-state index contributed by atoms with van der Waals surface area (Å²) in [5.74, 6) is -1.69. The molecule has 4 heteroatoms. The summed E-state index contributed by atoms with van der Waals surface area (Å²) in [7, 11) is 0. The SMILES string of the molecule is CC1(C)OC(C=Cc2ccccc2)CC(CC(=O)O)(C(C)(C)C)O1. The van der Waals surface area contributed by atoms with Gasteiger partial charge in [-0.1, -0.05) is 63.3 Å². The number of carbonyl (C=O) groups is 1. The summed E-state index contributed by atoms with van der Waals surface area (Å²) in [5.41, 5.74) is -0.0256. The van der Waals surface area contributed by atoms with Crippen LogP contribution in [0.15, 0.2) is 36.4 Å². The molecule has 24 heavy (non-hydrogen) atoms. The van der Waals surface area contributed by atoms with Gasteiger partial charge in [0.15, 0.2) is 5.79 Å². The molecule has 0 spiro atoms. The van der Waals surface area contributed by atoms with E-state index in [1.165, 1.54) is 0 Å². The molecule has 4 nitrogen and oxygen atoms in total. The maximum atomic E-state index is 11.5. The monoisotopic (exact) mass is 332 g/mol. The van der Waals surface area contributed by atoms with Gasteiger partial charge in [0.05, 0.1) is 18.1 Å². The highest BCUT2D eigenvalue weighted by Gasteiger charge is 2.53. The summed E-state index contributed by atoms with van der Waals surface area (Å²) < 4.78 is 12.2. The fourth-order valence-electron chi connectivity index (χ4n) is 3.23. The molecule has 1 aliphatic heterocycles. The Labute approximate surface area is 144 Å². The third kappa shape index (κ3) is 4.46. The molecule has 1 saturated heterocycles. The van der Waals surface area contributed by atoms with E-state index in [9.17, 15) is 9.90 Å². The second-order valence-corrected chi connectivity index (χ2v) is 7.95. The predicted octanol–water partition coefficient (Wildman–Crippen LogP) is 4.50. The normalized spacial score (nSPS) is 27.3. The quantitative estimate of drug-likeness (QED) is 0.882. The fraction of sp³-hybridized carbons (Fsp3) is 0.550. The van der Waals surface area contributed by atoms with Crippen molar-refractivity contribution in [1.82, 2.24) is 0 Å². The van der Waals surface area contributed by atoms with E-state index < -0.39 is 17.4 Å². The molecular formula is C20H28O4. The number of carboxylic acid groups (broad SMARTS) is 1. The maximum absolute atomic E-state index is 11.5. The van der Waals surface area contributed by atoms with Crippen molar-refractivity contribution >= 4 is 12.0 Å². The average molecular weight is 332 g/mol. The first-order valence-electron chi connectivity index (χ1n) is 8.36. The van der Waals surface area contributed by atoms with E-state index in [0.717, 1.165) is 5.56 Å². The molecular weight excluding hydrogens is 304 g/mol. The molecule has 0 saturated carbocycles. The number of aliphatic carboxylic acids is 1. The topological polar surface area (TPSA) is 55.8 Å². The lowest BCUT2D eigenvalue weighted by Crippen LogP contribution is -2.58. The Morgan fingerprint density at radius 3 is 2.46 bits per heavy atom. The molecule has 1 aliphatic rings. The van der Waals surface area contributed by atoms with Crippen LogP contribution in [0.2, 0.25) is 0 Å². The summed E-state index contributed by atoms with van der Waals surface area (Å²) in [6.07, 6.45) is 4.28.